The summed E-state index contributed by atoms with van der Waals surface area (Å²) in [6, 6.07) is 18.3. The SMILES string of the molecule is CN(C)c1ccc(CNC(=O)CSc2ncc(-c3ccccc3)n2C)cc1. The van der Waals surface area contributed by atoms with Crippen molar-refractivity contribution in [3.05, 3.63) is 66.4 Å². The first-order valence-electron chi connectivity index (χ1n) is 8.77. The Bertz CT molecular complexity index is 888. The van der Waals surface area contributed by atoms with Gasteiger partial charge in [0.2, 0.25) is 5.91 Å². The third-order valence-corrected chi connectivity index (χ3v) is 5.33. The van der Waals surface area contributed by atoms with Gasteiger partial charge in [0.1, 0.15) is 0 Å². The van der Waals surface area contributed by atoms with Crippen LogP contribution in [0.15, 0.2) is 66.0 Å². The Morgan fingerprint density at radius 2 is 1.81 bits per heavy atom. The van der Waals surface area contributed by atoms with Crippen LogP contribution in [0.4, 0.5) is 5.69 Å². The molecule has 0 aliphatic heterocycles. The second kappa shape index (κ2) is 8.77. The van der Waals surface area contributed by atoms with Gasteiger partial charge in [0.15, 0.2) is 5.16 Å². The maximum absolute atomic E-state index is 12.2. The number of rotatable bonds is 7. The topological polar surface area (TPSA) is 50.2 Å². The fourth-order valence-corrected chi connectivity index (χ4v) is 3.48. The first-order chi connectivity index (χ1) is 13.0. The van der Waals surface area contributed by atoms with Crippen molar-refractivity contribution in [1.29, 1.82) is 0 Å². The molecule has 0 bridgehead atoms. The molecule has 140 valence electrons. The summed E-state index contributed by atoms with van der Waals surface area (Å²) in [5.74, 6) is 0.343. The van der Waals surface area contributed by atoms with E-state index in [1.54, 1.807) is 0 Å². The summed E-state index contributed by atoms with van der Waals surface area (Å²) in [7, 11) is 5.99. The van der Waals surface area contributed by atoms with E-state index in [1.165, 1.54) is 11.8 Å². The molecule has 1 N–H and O–H groups in total. The Morgan fingerprint density at radius 3 is 2.48 bits per heavy atom. The monoisotopic (exact) mass is 380 g/mol. The van der Waals surface area contributed by atoms with Gasteiger partial charge in [0.05, 0.1) is 17.6 Å². The highest BCUT2D eigenvalue weighted by Gasteiger charge is 2.11. The van der Waals surface area contributed by atoms with Crippen LogP contribution in [0, 0.1) is 0 Å². The van der Waals surface area contributed by atoms with E-state index in [9.17, 15) is 4.79 Å². The van der Waals surface area contributed by atoms with Crippen molar-refractivity contribution in [2.75, 3.05) is 24.7 Å². The lowest BCUT2D eigenvalue weighted by molar-refractivity contribution is -0.118. The van der Waals surface area contributed by atoms with Gasteiger partial charge in [-0.3, -0.25) is 4.79 Å². The molecule has 0 fully saturated rings. The Hall–Kier alpha value is -2.73. The first kappa shape index (κ1) is 19.0. The molecule has 6 heteroatoms. The summed E-state index contributed by atoms with van der Waals surface area (Å²) in [4.78, 5) is 18.7. The molecule has 5 nitrogen and oxygen atoms in total. The number of aromatic nitrogens is 2. The van der Waals surface area contributed by atoms with Crippen molar-refractivity contribution in [2.45, 2.75) is 11.7 Å². The number of thioether (sulfide) groups is 1. The standard InChI is InChI=1S/C21H24N4OS/c1-24(2)18-11-9-16(10-12-18)13-22-20(26)15-27-21-23-14-19(25(21)3)17-7-5-4-6-8-17/h4-12,14H,13,15H2,1-3H3,(H,22,26). The van der Waals surface area contributed by atoms with Crippen LogP contribution < -0.4 is 10.2 Å². The van der Waals surface area contributed by atoms with Gasteiger partial charge in [0, 0.05) is 33.4 Å². The first-order valence-corrected chi connectivity index (χ1v) is 9.76. The summed E-state index contributed by atoms with van der Waals surface area (Å²) in [5.41, 5.74) is 4.39. The molecule has 0 saturated heterocycles. The number of carbonyl (C=O) groups is 1. The number of anilines is 1. The molecule has 0 aliphatic carbocycles. The minimum atomic E-state index is 0.000877. The lowest BCUT2D eigenvalue weighted by Gasteiger charge is -2.13. The van der Waals surface area contributed by atoms with Crippen molar-refractivity contribution in [2.24, 2.45) is 7.05 Å². The number of amides is 1. The van der Waals surface area contributed by atoms with Gasteiger partial charge in [-0.2, -0.15) is 0 Å². The molecule has 0 unspecified atom stereocenters. The van der Waals surface area contributed by atoms with Gasteiger partial charge < -0.3 is 14.8 Å². The van der Waals surface area contributed by atoms with Crippen LogP contribution in [0.5, 0.6) is 0 Å². The number of carbonyl (C=O) groups excluding carboxylic acids is 1. The zero-order chi connectivity index (χ0) is 19.2. The smallest absolute Gasteiger partial charge is 0.230 e. The normalized spacial score (nSPS) is 10.6. The van der Waals surface area contributed by atoms with Crippen molar-refractivity contribution in [3.63, 3.8) is 0 Å². The molecule has 1 amide bonds. The number of imidazole rings is 1. The lowest BCUT2D eigenvalue weighted by Crippen LogP contribution is -2.24. The van der Waals surface area contributed by atoms with Crippen molar-refractivity contribution < 1.29 is 4.79 Å². The number of hydrogen-bond donors (Lipinski definition) is 1. The third kappa shape index (κ3) is 4.92. The molecule has 0 atom stereocenters. The average Bonchev–Trinajstić information content (AvgIpc) is 3.06. The van der Waals surface area contributed by atoms with Crippen LogP contribution in [0.2, 0.25) is 0 Å². The minimum absolute atomic E-state index is 0.000877. The number of nitrogens with one attached hydrogen (secondary N) is 1. The van der Waals surface area contributed by atoms with E-state index in [0.29, 0.717) is 12.3 Å². The third-order valence-electron chi connectivity index (χ3n) is 4.29. The van der Waals surface area contributed by atoms with Crippen LogP contribution in [0.3, 0.4) is 0 Å². The van der Waals surface area contributed by atoms with Gasteiger partial charge >= 0.3 is 0 Å². The molecule has 0 spiro atoms. The predicted molar refractivity (Wildman–Crippen MR) is 112 cm³/mol. The van der Waals surface area contributed by atoms with Crippen LogP contribution in [-0.2, 0) is 18.4 Å². The maximum Gasteiger partial charge on any atom is 0.230 e. The van der Waals surface area contributed by atoms with Gasteiger partial charge in [-0.05, 0) is 23.3 Å². The van der Waals surface area contributed by atoms with Gasteiger partial charge in [-0.15, -0.1) is 0 Å². The minimum Gasteiger partial charge on any atom is -0.378 e. The fourth-order valence-electron chi connectivity index (χ4n) is 2.70. The Balaban J connectivity index is 1.51. The van der Waals surface area contributed by atoms with Gasteiger partial charge in [-0.25, -0.2) is 4.98 Å². The van der Waals surface area contributed by atoms with E-state index < -0.39 is 0 Å². The molecule has 3 aromatic rings. The predicted octanol–water partition coefficient (Wildman–Crippen LogP) is 3.56. The van der Waals surface area contributed by atoms with E-state index in [-0.39, 0.29) is 5.91 Å². The van der Waals surface area contributed by atoms with Crippen LogP contribution in [0.1, 0.15) is 5.56 Å². The number of hydrogen-bond acceptors (Lipinski definition) is 4. The molecule has 0 radical (unpaired) electrons. The zero-order valence-electron chi connectivity index (χ0n) is 15.8. The van der Waals surface area contributed by atoms with E-state index in [1.807, 2.05) is 62.2 Å². The van der Waals surface area contributed by atoms with Crippen LogP contribution in [-0.4, -0.2) is 35.3 Å². The van der Waals surface area contributed by atoms with E-state index in [4.69, 9.17) is 0 Å². The quantitative estimate of drug-likeness (QED) is 0.637. The Morgan fingerprint density at radius 1 is 1.11 bits per heavy atom. The molecular weight excluding hydrogens is 356 g/mol. The highest BCUT2D eigenvalue weighted by Crippen LogP contribution is 2.24. The van der Waals surface area contributed by atoms with Gasteiger partial charge in [-0.1, -0.05) is 54.2 Å². The summed E-state index contributed by atoms with van der Waals surface area (Å²) in [6.07, 6.45) is 1.85. The molecule has 0 aliphatic rings. The molecule has 1 heterocycles. The summed E-state index contributed by atoms with van der Waals surface area (Å²) in [5, 5.41) is 3.80. The van der Waals surface area contributed by atoms with Crippen molar-refractivity contribution in [3.8, 4) is 11.3 Å². The molecular formula is C21H24N4OS. The number of benzene rings is 2. The highest BCUT2D eigenvalue weighted by molar-refractivity contribution is 7.99. The summed E-state index contributed by atoms with van der Waals surface area (Å²) >= 11 is 1.45. The van der Waals surface area contributed by atoms with E-state index >= 15 is 0 Å². The largest absolute Gasteiger partial charge is 0.378 e. The highest BCUT2D eigenvalue weighted by atomic mass is 32.2. The average molecular weight is 381 g/mol. The molecule has 0 saturated carbocycles. The lowest BCUT2D eigenvalue weighted by atomic mass is 10.2. The maximum atomic E-state index is 12.2. The number of nitrogens with zero attached hydrogens (tertiary/aromatic N) is 3. The Labute approximate surface area is 164 Å². The second-order valence-corrected chi connectivity index (χ2v) is 7.42. The molecule has 2 aromatic carbocycles. The van der Waals surface area contributed by atoms with E-state index in [2.05, 4.69) is 39.5 Å². The zero-order valence-corrected chi connectivity index (χ0v) is 16.7. The van der Waals surface area contributed by atoms with E-state index in [0.717, 1.165) is 27.7 Å². The molecule has 1 aromatic heterocycles. The van der Waals surface area contributed by atoms with Crippen molar-refractivity contribution >= 4 is 23.4 Å². The van der Waals surface area contributed by atoms with Crippen LogP contribution >= 0.6 is 11.8 Å². The fraction of sp³-hybridized carbons (Fsp3) is 0.238. The van der Waals surface area contributed by atoms with Gasteiger partial charge in [0.25, 0.3) is 0 Å². The summed E-state index contributed by atoms with van der Waals surface area (Å²) in [6.45, 7) is 0.531. The molecule has 3 rings (SSSR count). The summed E-state index contributed by atoms with van der Waals surface area (Å²) < 4.78 is 2.02. The van der Waals surface area contributed by atoms with Crippen molar-refractivity contribution in [1.82, 2.24) is 14.9 Å². The Kier molecular flexibility index (Phi) is 6.19. The molecule has 27 heavy (non-hydrogen) atoms. The second-order valence-electron chi connectivity index (χ2n) is 6.48. The van der Waals surface area contributed by atoms with Crippen LogP contribution in [0.25, 0.3) is 11.3 Å².